The molecule has 4 heteroatoms. The van der Waals surface area contributed by atoms with E-state index in [-0.39, 0.29) is 0 Å². The number of aliphatic carboxylic acids is 1. The number of hydrogen-bond donors (Lipinski definition) is 2. The van der Waals surface area contributed by atoms with Gasteiger partial charge in [0, 0.05) is 0 Å². The Morgan fingerprint density at radius 3 is 2.50 bits per heavy atom. The Balaban J connectivity index is 2.43. The second-order valence-corrected chi connectivity index (χ2v) is 4.90. The number of carboxylic acid groups (broad SMARTS) is 1. The number of benzene rings is 1. The van der Waals surface area contributed by atoms with Gasteiger partial charge < -0.3 is 15.6 Å². The molecule has 2 rings (SSSR count). The van der Waals surface area contributed by atoms with Crippen molar-refractivity contribution in [3.63, 3.8) is 0 Å². The van der Waals surface area contributed by atoms with E-state index in [1.54, 1.807) is 19.2 Å². The van der Waals surface area contributed by atoms with Gasteiger partial charge in [-0.05, 0) is 30.5 Å². The fourth-order valence-corrected chi connectivity index (χ4v) is 2.81. The Morgan fingerprint density at radius 2 is 2.00 bits per heavy atom. The Kier molecular flexibility index (Phi) is 3.45. The van der Waals surface area contributed by atoms with Crippen molar-refractivity contribution in [1.29, 1.82) is 0 Å². The van der Waals surface area contributed by atoms with E-state index in [0.717, 1.165) is 24.8 Å². The molecule has 1 aromatic carbocycles. The number of nitrogen functional groups attached to an aromatic ring is 1. The lowest BCUT2D eigenvalue weighted by Gasteiger charge is -2.33. The predicted molar refractivity (Wildman–Crippen MR) is 69.8 cm³/mol. The van der Waals surface area contributed by atoms with Gasteiger partial charge in [0.15, 0.2) is 0 Å². The lowest BCUT2D eigenvalue weighted by atomic mass is 9.69. The number of carbonyl (C=O) groups is 1. The van der Waals surface area contributed by atoms with Gasteiger partial charge in [-0.2, -0.15) is 0 Å². The van der Waals surface area contributed by atoms with E-state index in [4.69, 9.17) is 10.5 Å². The zero-order valence-corrected chi connectivity index (χ0v) is 10.6. The van der Waals surface area contributed by atoms with Gasteiger partial charge in [0.25, 0.3) is 0 Å². The molecule has 4 nitrogen and oxygen atoms in total. The highest BCUT2D eigenvalue weighted by Crippen LogP contribution is 2.41. The van der Waals surface area contributed by atoms with Crippen LogP contribution in [0.2, 0.25) is 0 Å². The minimum absolute atomic E-state index is 0.501. The molecule has 18 heavy (non-hydrogen) atoms. The van der Waals surface area contributed by atoms with Crippen molar-refractivity contribution in [2.45, 2.75) is 37.5 Å². The molecule has 0 atom stereocenters. The molecular weight excluding hydrogens is 230 g/mol. The first kappa shape index (κ1) is 12.7. The van der Waals surface area contributed by atoms with Gasteiger partial charge in [0.2, 0.25) is 0 Å². The van der Waals surface area contributed by atoms with Crippen LogP contribution in [0.4, 0.5) is 5.69 Å². The van der Waals surface area contributed by atoms with E-state index in [2.05, 4.69) is 0 Å². The number of anilines is 1. The lowest BCUT2D eigenvalue weighted by Crippen LogP contribution is -2.37. The van der Waals surface area contributed by atoms with Crippen molar-refractivity contribution in [3.05, 3.63) is 23.8 Å². The highest BCUT2D eigenvalue weighted by molar-refractivity contribution is 5.82. The SMILES string of the molecule is COc1ccc(C2(C(=O)O)CCCCC2)cc1N. The van der Waals surface area contributed by atoms with Crippen LogP contribution in [0.5, 0.6) is 5.75 Å². The average molecular weight is 249 g/mol. The zero-order valence-electron chi connectivity index (χ0n) is 10.6. The normalized spacial score (nSPS) is 18.3. The minimum atomic E-state index is -0.765. The number of nitrogens with two attached hydrogens (primary N) is 1. The zero-order chi connectivity index (χ0) is 13.2. The maximum absolute atomic E-state index is 11.7. The Labute approximate surface area is 107 Å². The number of carboxylic acids is 1. The number of ether oxygens (including phenoxy) is 1. The van der Waals surface area contributed by atoms with Crippen LogP contribution >= 0.6 is 0 Å². The van der Waals surface area contributed by atoms with E-state index in [0.29, 0.717) is 24.3 Å². The summed E-state index contributed by atoms with van der Waals surface area (Å²) < 4.78 is 5.11. The summed E-state index contributed by atoms with van der Waals surface area (Å²) in [5.74, 6) is -0.151. The number of hydrogen-bond acceptors (Lipinski definition) is 3. The third kappa shape index (κ3) is 2.03. The van der Waals surface area contributed by atoms with Gasteiger partial charge in [-0.1, -0.05) is 25.3 Å². The molecule has 0 heterocycles. The summed E-state index contributed by atoms with van der Waals surface area (Å²) in [5.41, 5.74) is 6.41. The molecule has 1 fully saturated rings. The highest BCUT2D eigenvalue weighted by atomic mass is 16.5. The fraction of sp³-hybridized carbons (Fsp3) is 0.500. The van der Waals surface area contributed by atoms with E-state index >= 15 is 0 Å². The first-order valence-corrected chi connectivity index (χ1v) is 6.27. The summed E-state index contributed by atoms with van der Waals surface area (Å²) in [7, 11) is 1.55. The van der Waals surface area contributed by atoms with Crippen LogP contribution in [0.15, 0.2) is 18.2 Å². The third-order valence-electron chi connectivity index (χ3n) is 3.90. The van der Waals surface area contributed by atoms with Crippen LogP contribution in [0.3, 0.4) is 0 Å². The van der Waals surface area contributed by atoms with Crippen LogP contribution in [-0.4, -0.2) is 18.2 Å². The molecule has 1 aliphatic rings. The van der Waals surface area contributed by atoms with Crippen LogP contribution in [-0.2, 0) is 10.2 Å². The first-order valence-electron chi connectivity index (χ1n) is 6.27. The summed E-state index contributed by atoms with van der Waals surface area (Å²) in [6.07, 6.45) is 4.40. The molecule has 98 valence electrons. The van der Waals surface area contributed by atoms with Gasteiger partial charge in [0.1, 0.15) is 5.75 Å². The van der Waals surface area contributed by atoms with Crippen LogP contribution in [0.25, 0.3) is 0 Å². The average Bonchev–Trinajstić information content (AvgIpc) is 2.39. The molecule has 1 saturated carbocycles. The van der Waals surface area contributed by atoms with Crippen molar-refractivity contribution in [2.24, 2.45) is 0 Å². The lowest BCUT2D eigenvalue weighted by molar-refractivity contribution is -0.145. The summed E-state index contributed by atoms with van der Waals surface area (Å²) >= 11 is 0. The van der Waals surface area contributed by atoms with Crippen LogP contribution in [0, 0.1) is 0 Å². The van der Waals surface area contributed by atoms with Crippen LogP contribution in [0.1, 0.15) is 37.7 Å². The van der Waals surface area contributed by atoms with Crippen molar-refractivity contribution in [3.8, 4) is 5.75 Å². The topological polar surface area (TPSA) is 72.5 Å². The minimum Gasteiger partial charge on any atom is -0.495 e. The molecular formula is C14H19NO3. The number of methoxy groups -OCH3 is 1. The molecule has 0 saturated heterocycles. The van der Waals surface area contributed by atoms with Crippen molar-refractivity contribution in [1.82, 2.24) is 0 Å². The van der Waals surface area contributed by atoms with Gasteiger partial charge in [-0.25, -0.2) is 0 Å². The summed E-state index contributed by atoms with van der Waals surface area (Å²) in [5, 5.41) is 9.59. The van der Waals surface area contributed by atoms with E-state index in [9.17, 15) is 9.90 Å². The first-order chi connectivity index (χ1) is 8.60. The maximum atomic E-state index is 11.7. The van der Waals surface area contributed by atoms with Gasteiger partial charge in [-0.15, -0.1) is 0 Å². The largest absolute Gasteiger partial charge is 0.495 e. The Bertz CT molecular complexity index is 450. The highest BCUT2D eigenvalue weighted by Gasteiger charge is 2.41. The van der Waals surface area contributed by atoms with Crippen molar-refractivity contribution in [2.75, 3.05) is 12.8 Å². The van der Waals surface area contributed by atoms with Crippen LogP contribution < -0.4 is 10.5 Å². The molecule has 1 aliphatic carbocycles. The molecule has 0 aromatic heterocycles. The fourth-order valence-electron chi connectivity index (χ4n) is 2.81. The molecule has 0 unspecified atom stereocenters. The second kappa shape index (κ2) is 4.88. The van der Waals surface area contributed by atoms with Crippen molar-refractivity contribution < 1.29 is 14.6 Å². The predicted octanol–water partition coefficient (Wildman–Crippen LogP) is 2.56. The van der Waals surface area contributed by atoms with E-state index in [1.165, 1.54) is 0 Å². The van der Waals surface area contributed by atoms with Crippen molar-refractivity contribution >= 4 is 11.7 Å². The smallest absolute Gasteiger partial charge is 0.314 e. The number of rotatable bonds is 3. The van der Waals surface area contributed by atoms with E-state index < -0.39 is 11.4 Å². The molecule has 0 aliphatic heterocycles. The standard InChI is InChI=1S/C14H19NO3/c1-18-12-6-5-10(9-11(12)15)14(13(16)17)7-3-2-4-8-14/h5-6,9H,2-4,7-8,15H2,1H3,(H,16,17). The Morgan fingerprint density at radius 1 is 1.33 bits per heavy atom. The molecule has 3 N–H and O–H groups in total. The molecule has 0 amide bonds. The summed E-state index contributed by atoms with van der Waals surface area (Å²) in [6.45, 7) is 0. The maximum Gasteiger partial charge on any atom is 0.314 e. The van der Waals surface area contributed by atoms with Gasteiger partial charge >= 0.3 is 5.97 Å². The monoisotopic (exact) mass is 249 g/mol. The molecule has 0 spiro atoms. The second-order valence-electron chi connectivity index (χ2n) is 4.90. The molecule has 1 aromatic rings. The summed E-state index contributed by atoms with van der Waals surface area (Å²) in [4.78, 5) is 11.7. The van der Waals surface area contributed by atoms with Gasteiger partial charge in [0.05, 0.1) is 18.2 Å². The van der Waals surface area contributed by atoms with E-state index in [1.807, 2.05) is 6.07 Å². The quantitative estimate of drug-likeness (QED) is 0.807. The molecule has 0 radical (unpaired) electrons. The van der Waals surface area contributed by atoms with Gasteiger partial charge in [-0.3, -0.25) is 4.79 Å². The third-order valence-corrected chi connectivity index (χ3v) is 3.90. The molecule has 0 bridgehead atoms. The summed E-state index contributed by atoms with van der Waals surface area (Å²) in [6, 6.07) is 5.33. The Hall–Kier alpha value is -1.71.